The third kappa shape index (κ3) is 6.33. The van der Waals surface area contributed by atoms with E-state index in [4.69, 9.17) is 5.73 Å². The van der Waals surface area contributed by atoms with E-state index in [-0.39, 0.29) is 29.6 Å². The fourth-order valence-electron chi connectivity index (χ4n) is 2.93. The van der Waals surface area contributed by atoms with Gasteiger partial charge in [0.05, 0.1) is 15.9 Å². The highest BCUT2D eigenvalue weighted by Crippen LogP contribution is 2.21. The molecule has 8 nitrogen and oxygen atoms in total. The van der Waals surface area contributed by atoms with E-state index in [2.05, 4.69) is 0 Å². The Hall–Kier alpha value is -2.33. The van der Waals surface area contributed by atoms with Gasteiger partial charge in [0.1, 0.15) is 0 Å². The van der Waals surface area contributed by atoms with E-state index < -0.39 is 27.1 Å². The maximum Gasteiger partial charge on any atom is 0.269 e. The van der Waals surface area contributed by atoms with Crippen molar-refractivity contribution in [2.75, 3.05) is 13.1 Å². The van der Waals surface area contributed by atoms with Crippen LogP contribution in [0.2, 0.25) is 0 Å². The van der Waals surface area contributed by atoms with Crippen LogP contribution in [-0.2, 0) is 16.4 Å². The molecule has 0 spiro atoms. The lowest BCUT2D eigenvalue weighted by molar-refractivity contribution is -0.384. The lowest BCUT2D eigenvalue weighted by Crippen LogP contribution is -2.47. The van der Waals surface area contributed by atoms with Crippen LogP contribution >= 0.6 is 0 Å². The van der Waals surface area contributed by atoms with Gasteiger partial charge in [-0.25, -0.2) is 8.42 Å². The van der Waals surface area contributed by atoms with E-state index in [1.807, 2.05) is 44.2 Å². The molecule has 0 aromatic heterocycles. The molecule has 0 bridgehead atoms. The molecule has 3 N–H and O–H groups in total. The lowest BCUT2D eigenvalue weighted by Gasteiger charge is -2.28. The van der Waals surface area contributed by atoms with Crippen molar-refractivity contribution < 1.29 is 18.4 Å². The predicted octanol–water partition coefficient (Wildman–Crippen LogP) is 2.17. The van der Waals surface area contributed by atoms with Crippen LogP contribution in [0.1, 0.15) is 19.4 Å². The van der Waals surface area contributed by atoms with Crippen LogP contribution in [0.5, 0.6) is 0 Å². The van der Waals surface area contributed by atoms with Crippen molar-refractivity contribution >= 4 is 15.7 Å². The Balaban J connectivity index is 2.19. The van der Waals surface area contributed by atoms with Crippen molar-refractivity contribution in [2.24, 2.45) is 11.7 Å². The van der Waals surface area contributed by atoms with Crippen molar-refractivity contribution in [3.8, 4) is 0 Å². The molecule has 29 heavy (non-hydrogen) atoms. The Morgan fingerprint density at radius 1 is 1.07 bits per heavy atom. The second-order valence-corrected chi connectivity index (χ2v) is 9.33. The smallest absolute Gasteiger partial charge is 0.269 e. The predicted molar refractivity (Wildman–Crippen MR) is 111 cm³/mol. The molecule has 0 heterocycles. The number of nitro benzene ring substituents is 1. The Labute approximate surface area is 171 Å². The number of nitrogens with two attached hydrogens (primary N) is 1. The first-order valence-electron chi connectivity index (χ1n) is 9.33. The highest BCUT2D eigenvalue weighted by atomic mass is 32.2. The van der Waals surface area contributed by atoms with Gasteiger partial charge in [-0.3, -0.25) is 10.1 Å². The van der Waals surface area contributed by atoms with Gasteiger partial charge >= 0.3 is 0 Å². The van der Waals surface area contributed by atoms with E-state index >= 15 is 0 Å². The van der Waals surface area contributed by atoms with Gasteiger partial charge in [-0.15, -0.1) is 0 Å². The van der Waals surface area contributed by atoms with Crippen LogP contribution in [0.15, 0.2) is 59.5 Å². The third-order valence-electron chi connectivity index (χ3n) is 4.45. The summed E-state index contributed by atoms with van der Waals surface area (Å²) in [5, 5.41) is 21.4. The molecule has 0 fully saturated rings. The number of nitrogens with zero attached hydrogens (tertiary/aromatic N) is 2. The number of rotatable bonds is 10. The number of hydrogen-bond acceptors (Lipinski definition) is 6. The Kier molecular flexibility index (Phi) is 7.86. The zero-order valence-electron chi connectivity index (χ0n) is 16.5. The number of aliphatic hydroxyl groups is 1. The topological polar surface area (TPSA) is 127 Å². The van der Waals surface area contributed by atoms with Gasteiger partial charge in [-0.05, 0) is 30.0 Å². The molecule has 0 saturated carbocycles. The summed E-state index contributed by atoms with van der Waals surface area (Å²) in [5.74, 6) is 0.0142. The first kappa shape index (κ1) is 23.0. The summed E-state index contributed by atoms with van der Waals surface area (Å²) in [6.45, 7) is 3.77. The summed E-state index contributed by atoms with van der Waals surface area (Å²) < 4.78 is 27.3. The number of aliphatic hydroxyl groups excluding tert-OH is 1. The summed E-state index contributed by atoms with van der Waals surface area (Å²) in [6.07, 6.45) is -0.656. The molecule has 2 atom stereocenters. The molecule has 0 saturated heterocycles. The highest BCUT2D eigenvalue weighted by Gasteiger charge is 2.29. The van der Waals surface area contributed by atoms with E-state index in [0.29, 0.717) is 6.42 Å². The molecule has 2 aromatic rings. The Morgan fingerprint density at radius 3 is 2.17 bits per heavy atom. The second kappa shape index (κ2) is 9.93. The standard InChI is InChI=1S/C20H27N3O5S/c1-15(2)13-22(14-20(24)19(21)12-16-6-4-3-5-7-16)29(27,28)18-10-8-17(9-11-18)23(25)26/h3-11,15,19-20,24H,12-14,21H2,1-2H3/t19-,20-/m0/s1. The normalized spacial score (nSPS) is 14.1. The molecular weight excluding hydrogens is 394 g/mol. The molecule has 2 rings (SSSR count). The van der Waals surface area contributed by atoms with Crippen LogP contribution in [-0.4, -0.2) is 48.0 Å². The minimum Gasteiger partial charge on any atom is -0.390 e. The Morgan fingerprint density at radius 2 is 1.66 bits per heavy atom. The maximum absolute atomic E-state index is 13.1. The summed E-state index contributed by atoms with van der Waals surface area (Å²) in [5.41, 5.74) is 6.88. The quantitative estimate of drug-likeness (QED) is 0.447. The van der Waals surface area contributed by atoms with Gasteiger partial charge in [0, 0.05) is 31.3 Å². The summed E-state index contributed by atoms with van der Waals surface area (Å²) >= 11 is 0. The molecule has 0 unspecified atom stereocenters. The maximum atomic E-state index is 13.1. The van der Waals surface area contributed by atoms with Crippen LogP contribution < -0.4 is 5.73 Å². The van der Waals surface area contributed by atoms with Gasteiger partial charge < -0.3 is 10.8 Å². The van der Waals surface area contributed by atoms with Crippen molar-refractivity contribution in [1.82, 2.24) is 4.31 Å². The van der Waals surface area contributed by atoms with Crippen molar-refractivity contribution in [3.63, 3.8) is 0 Å². The fourth-order valence-corrected chi connectivity index (χ4v) is 4.55. The molecule has 2 aromatic carbocycles. The largest absolute Gasteiger partial charge is 0.390 e. The molecule has 0 radical (unpaired) electrons. The van der Waals surface area contributed by atoms with Crippen molar-refractivity contribution in [1.29, 1.82) is 0 Å². The van der Waals surface area contributed by atoms with Gasteiger partial charge in [0.15, 0.2) is 0 Å². The van der Waals surface area contributed by atoms with Crippen LogP contribution in [0.3, 0.4) is 0 Å². The molecule has 0 aliphatic heterocycles. The Bertz CT molecular complexity index is 901. The molecule has 0 aliphatic carbocycles. The van der Waals surface area contributed by atoms with Gasteiger partial charge in [-0.1, -0.05) is 44.2 Å². The molecular formula is C20H27N3O5S. The second-order valence-electron chi connectivity index (χ2n) is 7.39. The number of benzene rings is 2. The van der Waals surface area contributed by atoms with Crippen LogP contribution in [0, 0.1) is 16.0 Å². The SMILES string of the molecule is CC(C)CN(C[C@H](O)[C@@H](N)Cc1ccccc1)S(=O)(=O)c1ccc([N+](=O)[O-])cc1. The minimum absolute atomic E-state index is 0.0142. The van der Waals surface area contributed by atoms with E-state index in [9.17, 15) is 23.6 Å². The average molecular weight is 422 g/mol. The fraction of sp³-hybridized carbons (Fsp3) is 0.400. The average Bonchev–Trinajstić information content (AvgIpc) is 2.67. The molecule has 0 amide bonds. The van der Waals surface area contributed by atoms with E-state index in [1.54, 1.807) is 0 Å². The van der Waals surface area contributed by atoms with Crippen molar-refractivity contribution in [2.45, 2.75) is 37.3 Å². The number of nitro groups is 1. The first-order chi connectivity index (χ1) is 13.6. The van der Waals surface area contributed by atoms with Gasteiger partial charge in [0.25, 0.3) is 5.69 Å². The van der Waals surface area contributed by atoms with Crippen molar-refractivity contribution in [3.05, 3.63) is 70.3 Å². The third-order valence-corrected chi connectivity index (χ3v) is 6.30. The number of sulfonamides is 1. The zero-order chi connectivity index (χ0) is 21.6. The zero-order valence-corrected chi connectivity index (χ0v) is 17.3. The van der Waals surface area contributed by atoms with Crippen LogP contribution in [0.4, 0.5) is 5.69 Å². The molecule has 9 heteroatoms. The minimum atomic E-state index is -3.94. The number of hydrogen-bond donors (Lipinski definition) is 2. The first-order valence-corrected chi connectivity index (χ1v) is 10.8. The lowest BCUT2D eigenvalue weighted by atomic mass is 10.0. The summed E-state index contributed by atoms with van der Waals surface area (Å²) in [6, 6.07) is 13.5. The summed E-state index contributed by atoms with van der Waals surface area (Å²) in [7, 11) is -3.94. The van der Waals surface area contributed by atoms with Crippen LogP contribution in [0.25, 0.3) is 0 Å². The van der Waals surface area contributed by atoms with E-state index in [0.717, 1.165) is 17.7 Å². The highest BCUT2D eigenvalue weighted by molar-refractivity contribution is 7.89. The van der Waals surface area contributed by atoms with Gasteiger partial charge in [-0.2, -0.15) is 4.31 Å². The van der Waals surface area contributed by atoms with Gasteiger partial charge in [0.2, 0.25) is 10.0 Å². The number of non-ortho nitro benzene ring substituents is 1. The molecule has 158 valence electrons. The monoisotopic (exact) mass is 421 g/mol. The van der Waals surface area contributed by atoms with E-state index in [1.165, 1.54) is 16.4 Å². The molecule has 0 aliphatic rings. The summed E-state index contributed by atoms with van der Waals surface area (Å²) in [4.78, 5) is 10.2.